The summed E-state index contributed by atoms with van der Waals surface area (Å²) in [5.74, 6) is 2.99. The van der Waals surface area contributed by atoms with Gasteiger partial charge in [-0.25, -0.2) is 4.68 Å². The van der Waals surface area contributed by atoms with Gasteiger partial charge in [0.1, 0.15) is 25.9 Å². The van der Waals surface area contributed by atoms with Gasteiger partial charge in [-0.05, 0) is 49.4 Å². The van der Waals surface area contributed by atoms with Crippen molar-refractivity contribution >= 4 is 0 Å². The van der Waals surface area contributed by atoms with E-state index >= 15 is 0 Å². The second-order valence-corrected chi connectivity index (χ2v) is 7.69. The van der Waals surface area contributed by atoms with Crippen molar-refractivity contribution in [2.24, 2.45) is 0 Å². The molecule has 0 spiro atoms. The Bertz CT molecular complexity index is 1150. The molecule has 0 aliphatic carbocycles. The highest BCUT2D eigenvalue weighted by Crippen LogP contribution is 2.33. The van der Waals surface area contributed by atoms with Crippen LogP contribution in [0.5, 0.6) is 23.0 Å². The minimum Gasteiger partial charge on any atom is -0.486 e. The minimum atomic E-state index is -0.119. The van der Waals surface area contributed by atoms with E-state index < -0.39 is 0 Å². The number of rotatable bonds is 7. The predicted octanol–water partition coefficient (Wildman–Crippen LogP) is 2.50. The normalized spacial score (nSPS) is 16.6. The van der Waals surface area contributed by atoms with Crippen molar-refractivity contribution < 1.29 is 18.9 Å². The van der Waals surface area contributed by atoms with Crippen molar-refractivity contribution in [3.05, 3.63) is 65.0 Å². The molecular weight excluding hydrogens is 410 g/mol. The number of fused-ring (bicyclic) bond motifs is 2. The SMILES string of the molecule is O=c1ccc(-c2ccc3c(c2)OCCO3)nn1CCCNCC1COc2ccccc2O1. The zero-order valence-electron chi connectivity index (χ0n) is 17.7. The van der Waals surface area contributed by atoms with Crippen LogP contribution in [0.4, 0.5) is 0 Å². The van der Waals surface area contributed by atoms with Crippen molar-refractivity contribution in [1.82, 2.24) is 15.1 Å². The van der Waals surface area contributed by atoms with Crippen LogP contribution >= 0.6 is 0 Å². The molecular formula is C24H25N3O5. The topological polar surface area (TPSA) is 83.8 Å². The first-order valence-electron chi connectivity index (χ1n) is 10.8. The minimum absolute atomic E-state index is 0.0377. The van der Waals surface area contributed by atoms with E-state index in [0.717, 1.165) is 41.5 Å². The first-order chi connectivity index (χ1) is 15.8. The molecule has 1 atom stereocenters. The third-order valence-corrected chi connectivity index (χ3v) is 5.37. The Morgan fingerprint density at radius 1 is 0.938 bits per heavy atom. The van der Waals surface area contributed by atoms with Gasteiger partial charge >= 0.3 is 0 Å². The van der Waals surface area contributed by atoms with Gasteiger partial charge < -0.3 is 24.3 Å². The maximum absolute atomic E-state index is 12.3. The Hall–Kier alpha value is -3.52. The number of nitrogens with one attached hydrogen (secondary N) is 1. The zero-order chi connectivity index (χ0) is 21.8. The number of hydrogen-bond acceptors (Lipinski definition) is 7. The third-order valence-electron chi connectivity index (χ3n) is 5.37. The molecule has 3 aromatic rings. The molecule has 2 aliphatic rings. The standard InChI is InChI=1S/C24H25N3O5/c28-24-9-7-19(17-6-8-21-23(14-17)30-13-12-29-21)26-27(24)11-3-10-25-15-18-16-31-20-4-1-2-5-22(20)32-18/h1-2,4-9,14,18,25H,3,10-13,15-16H2. The van der Waals surface area contributed by atoms with Crippen LogP contribution in [0.2, 0.25) is 0 Å². The van der Waals surface area contributed by atoms with E-state index in [0.29, 0.717) is 38.7 Å². The highest BCUT2D eigenvalue weighted by Gasteiger charge is 2.20. The number of ether oxygens (including phenoxy) is 4. The predicted molar refractivity (Wildman–Crippen MR) is 119 cm³/mol. The van der Waals surface area contributed by atoms with Crippen LogP contribution in [-0.2, 0) is 6.54 Å². The lowest BCUT2D eigenvalue weighted by atomic mass is 10.1. The quantitative estimate of drug-likeness (QED) is 0.571. The average Bonchev–Trinajstić information content (AvgIpc) is 2.84. The summed E-state index contributed by atoms with van der Waals surface area (Å²) in [5, 5.41) is 7.92. The molecule has 1 N–H and O–H groups in total. The summed E-state index contributed by atoms with van der Waals surface area (Å²) in [6, 6.07) is 16.7. The summed E-state index contributed by atoms with van der Waals surface area (Å²) in [6.45, 7) is 3.53. The monoisotopic (exact) mass is 435 g/mol. The van der Waals surface area contributed by atoms with Crippen molar-refractivity contribution in [2.45, 2.75) is 19.1 Å². The first kappa shape index (κ1) is 20.4. The molecule has 3 heterocycles. The first-order valence-corrected chi connectivity index (χ1v) is 10.8. The molecule has 166 valence electrons. The van der Waals surface area contributed by atoms with Crippen LogP contribution in [0.15, 0.2) is 59.4 Å². The van der Waals surface area contributed by atoms with Crippen LogP contribution in [-0.4, -0.2) is 48.8 Å². The van der Waals surface area contributed by atoms with Gasteiger partial charge in [-0.1, -0.05) is 12.1 Å². The average molecular weight is 435 g/mol. The van der Waals surface area contributed by atoms with E-state index in [2.05, 4.69) is 10.4 Å². The van der Waals surface area contributed by atoms with E-state index in [-0.39, 0.29) is 11.7 Å². The van der Waals surface area contributed by atoms with E-state index in [1.165, 1.54) is 4.68 Å². The fraction of sp³-hybridized carbons (Fsp3) is 0.333. The van der Waals surface area contributed by atoms with E-state index in [1.54, 1.807) is 12.1 Å². The zero-order valence-corrected chi connectivity index (χ0v) is 17.7. The summed E-state index contributed by atoms with van der Waals surface area (Å²) in [6.07, 6.45) is 0.728. The number of nitrogens with zero attached hydrogens (tertiary/aromatic N) is 2. The van der Waals surface area contributed by atoms with Crippen molar-refractivity contribution in [1.29, 1.82) is 0 Å². The molecule has 8 heteroatoms. The number of para-hydroxylation sites is 2. The largest absolute Gasteiger partial charge is 0.486 e. The van der Waals surface area contributed by atoms with Gasteiger partial charge in [-0.2, -0.15) is 5.10 Å². The molecule has 5 rings (SSSR count). The lowest BCUT2D eigenvalue weighted by molar-refractivity contribution is 0.0904. The Morgan fingerprint density at radius 2 is 1.75 bits per heavy atom. The van der Waals surface area contributed by atoms with Gasteiger partial charge in [0, 0.05) is 24.7 Å². The van der Waals surface area contributed by atoms with Gasteiger partial charge in [-0.15, -0.1) is 0 Å². The Kier molecular flexibility index (Phi) is 5.93. The summed E-state index contributed by atoms with van der Waals surface area (Å²) < 4.78 is 24.4. The molecule has 1 aromatic heterocycles. The van der Waals surface area contributed by atoms with Crippen molar-refractivity contribution in [2.75, 3.05) is 32.9 Å². The van der Waals surface area contributed by atoms with Gasteiger partial charge in [0.2, 0.25) is 0 Å². The van der Waals surface area contributed by atoms with E-state index in [4.69, 9.17) is 18.9 Å². The van der Waals surface area contributed by atoms with Gasteiger partial charge in [-0.3, -0.25) is 4.79 Å². The molecule has 32 heavy (non-hydrogen) atoms. The lowest BCUT2D eigenvalue weighted by Gasteiger charge is -2.26. The number of aryl methyl sites for hydroxylation is 1. The lowest BCUT2D eigenvalue weighted by Crippen LogP contribution is -2.39. The number of aromatic nitrogens is 2. The smallest absolute Gasteiger partial charge is 0.266 e. The molecule has 1 unspecified atom stereocenters. The van der Waals surface area contributed by atoms with Crippen molar-refractivity contribution in [3.63, 3.8) is 0 Å². The van der Waals surface area contributed by atoms with Gasteiger partial charge in [0.05, 0.1) is 5.69 Å². The molecule has 0 saturated carbocycles. The molecule has 0 radical (unpaired) electrons. The summed E-state index contributed by atoms with van der Waals surface area (Å²) >= 11 is 0. The van der Waals surface area contributed by atoms with Crippen LogP contribution in [0.25, 0.3) is 11.3 Å². The highest BCUT2D eigenvalue weighted by atomic mass is 16.6. The molecule has 8 nitrogen and oxygen atoms in total. The number of benzene rings is 2. The molecule has 0 bridgehead atoms. The van der Waals surface area contributed by atoms with Crippen LogP contribution in [0.3, 0.4) is 0 Å². The molecule has 2 aliphatic heterocycles. The van der Waals surface area contributed by atoms with E-state index in [9.17, 15) is 4.79 Å². The third kappa shape index (κ3) is 4.55. The number of hydrogen-bond donors (Lipinski definition) is 1. The van der Waals surface area contributed by atoms with Crippen LogP contribution in [0.1, 0.15) is 6.42 Å². The second kappa shape index (κ2) is 9.32. The van der Waals surface area contributed by atoms with E-state index in [1.807, 2.05) is 42.5 Å². The summed E-state index contributed by atoms with van der Waals surface area (Å²) in [5.41, 5.74) is 1.49. The maximum Gasteiger partial charge on any atom is 0.266 e. The fourth-order valence-corrected chi connectivity index (χ4v) is 3.75. The van der Waals surface area contributed by atoms with Crippen LogP contribution in [0, 0.1) is 0 Å². The Morgan fingerprint density at radius 3 is 2.66 bits per heavy atom. The fourth-order valence-electron chi connectivity index (χ4n) is 3.75. The van der Waals surface area contributed by atoms with Gasteiger partial charge in [0.15, 0.2) is 23.0 Å². The van der Waals surface area contributed by atoms with Crippen LogP contribution < -0.4 is 29.8 Å². The van der Waals surface area contributed by atoms with Crippen molar-refractivity contribution in [3.8, 4) is 34.3 Å². The molecule has 0 fully saturated rings. The molecule has 2 aromatic carbocycles. The second-order valence-electron chi connectivity index (χ2n) is 7.69. The maximum atomic E-state index is 12.3. The Labute approximate surface area is 185 Å². The Balaban J connectivity index is 1.14. The molecule has 0 amide bonds. The molecule has 0 saturated heterocycles. The van der Waals surface area contributed by atoms with Gasteiger partial charge in [0.25, 0.3) is 5.56 Å². The summed E-state index contributed by atoms with van der Waals surface area (Å²) in [4.78, 5) is 12.3. The highest BCUT2D eigenvalue weighted by molar-refractivity contribution is 5.63. The summed E-state index contributed by atoms with van der Waals surface area (Å²) in [7, 11) is 0.